The highest BCUT2D eigenvalue weighted by Crippen LogP contribution is 2.41. The minimum Gasteiger partial charge on any atom is -0.507 e. The first kappa shape index (κ1) is 21.7. The number of nitrogens with zero attached hydrogens (tertiary/aromatic N) is 2. The van der Waals surface area contributed by atoms with Crippen molar-refractivity contribution in [3.05, 3.63) is 67.9 Å². The predicted octanol–water partition coefficient (Wildman–Crippen LogP) is 3.89. The van der Waals surface area contributed by atoms with Crippen LogP contribution < -0.4 is 0 Å². The van der Waals surface area contributed by atoms with Crippen molar-refractivity contribution in [3.8, 4) is 0 Å². The van der Waals surface area contributed by atoms with Gasteiger partial charge in [-0.1, -0.05) is 18.2 Å². The number of nitro benzene ring substituents is 1. The molecule has 1 aromatic heterocycles. The number of hydrogen-bond acceptors (Lipinski definition) is 7. The molecule has 1 saturated heterocycles. The van der Waals surface area contributed by atoms with E-state index in [0.717, 1.165) is 4.88 Å². The lowest BCUT2D eigenvalue weighted by Crippen LogP contribution is -2.31. The number of hydrogen-bond donors (Lipinski definition) is 1. The van der Waals surface area contributed by atoms with Crippen LogP contribution in [0.2, 0.25) is 0 Å². The van der Waals surface area contributed by atoms with Crippen molar-refractivity contribution in [2.24, 2.45) is 0 Å². The van der Waals surface area contributed by atoms with Crippen LogP contribution in [0.15, 0.2) is 47.4 Å². The molecule has 1 N–H and O–H groups in total. The third-order valence-electron chi connectivity index (χ3n) is 4.68. The van der Waals surface area contributed by atoms with Gasteiger partial charge in [0.25, 0.3) is 17.4 Å². The minimum atomic E-state index is -0.804. The summed E-state index contributed by atoms with van der Waals surface area (Å²) < 4.78 is 5.52. The molecular weight excluding hydrogens is 408 g/mol. The lowest BCUT2D eigenvalue weighted by molar-refractivity contribution is -0.384. The van der Waals surface area contributed by atoms with Crippen molar-refractivity contribution in [1.29, 1.82) is 0 Å². The van der Waals surface area contributed by atoms with Crippen LogP contribution in [-0.2, 0) is 14.3 Å². The predicted molar refractivity (Wildman–Crippen MR) is 112 cm³/mol. The number of likely N-dealkylation sites (tertiary alicyclic amines) is 1. The zero-order valence-corrected chi connectivity index (χ0v) is 17.4. The molecule has 1 aliphatic heterocycles. The molecule has 0 aliphatic carbocycles. The Labute approximate surface area is 177 Å². The molecule has 2 heterocycles. The first-order valence-corrected chi connectivity index (χ1v) is 10.4. The summed E-state index contributed by atoms with van der Waals surface area (Å²) in [5, 5.41) is 23.8. The summed E-state index contributed by atoms with van der Waals surface area (Å²) in [4.78, 5) is 38.2. The number of aliphatic hydroxyl groups excluding tert-OH is 1. The van der Waals surface area contributed by atoms with Crippen molar-refractivity contribution in [2.75, 3.05) is 13.2 Å². The van der Waals surface area contributed by atoms with E-state index in [4.69, 9.17) is 4.74 Å². The van der Waals surface area contributed by atoms with Gasteiger partial charge in [0.05, 0.1) is 22.6 Å². The molecule has 8 nitrogen and oxygen atoms in total. The second kappa shape index (κ2) is 9.19. The number of non-ortho nitro benzene ring substituents is 1. The highest BCUT2D eigenvalue weighted by atomic mass is 32.1. The molecule has 0 bridgehead atoms. The first-order valence-electron chi connectivity index (χ1n) is 9.49. The van der Waals surface area contributed by atoms with Crippen LogP contribution in [0.1, 0.15) is 36.8 Å². The Morgan fingerprint density at radius 1 is 1.30 bits per heavy atom. The summed E-state index contributed by atoms with van der Waals surface area (Å²) in [7, 11) is 0. The number of Topliss-reactive ketones (excluding diaryl/α,β-unsaturated/α-hetero) is 1. The molecule has 2 aromatic rings. The third-order valence-corrected chi connectivity index (χ3v) is 5.60. The average molecular weight is 430 g/mol. The minimum absolute atomic E-state index is 0.0578. The normalized spacial score (nSPS) is 18.4. The topological polar surface area (TPSA) is 110 Å². The van der Waals surface area contributed by atoms with Crippen molar-refractivity contribution in [3.63, 3.8) is 0 Å². The lowest BCUT2D eigenvalue weighted by Gasteiger charge is -2.24. The summed E-state index contributed by atoms with van der Waals surface area (Å²) in [5.74, 6) is -1.93. The number of ketones is 1. The van der Waals surface area contributed by atoms with Crippen molar-refractivity contribution < 1.29 is 24.4 Å². The molecule has 1 fully saturated rings. The smallest absolute Gasteiger partial charge is 0.295 e. The van der Waals surface area contributed by atoms with Crippen LogP contribution in [0.4, 0.5) is 5.69 Å². The van der Waals surface area contributed by atoms with Crippen molar-refractivity contribution in [2.45, 2.75) is 32.4 Å². The van der Waals surface area contributed by atoms with Crippen LogP contribution >= 0.6 is 11.3 Å². The summed E-state index contributed by atoms with van der Waals surface area (Å²) in [5.41, 5.74) is -0.161. The van der Waals surface area contributed by atoms with E-state index in [0.29, 0.717) is 13.0 Å². The molecule has 30 heavy (non-hydrogen) atoms. The highest BCUT2D eigenvalue weighted by molar-refractivity contribution is 7.10. The van der Waals surface area contributed by atoms with Crippen molar-refractivity contribution in [1.82, 2.24) is 4.90 Å². The molecule has 1 unspecified atom stereocenters. The molecule has 1 aromatic carbocycles. The Morgan fingerprint density at radius 2 is 2.07 bits per heavy atom. The van der Waals surface area contributed by atoms with Crippen LogP contribution in [0.3, 0.4) is 0 Å². The number of benzene rings is 1. The zero-order chi connectivity index (χ0) is 21.8. The molecule has 9 heteroatoms. The van der Waals surface area contributed by atoms with Gasteiger partial charge in [0.15, 0.2) is 0 Å². The van der Waals surface area contributed by atoms with E-state index < -0.39 is 28.4 Å². The number of thiophene rings is 1. The Morgan fingerprint density at radius 3 is 2.70 bits per heavy atom. The number of amides is 1. The fraction of sp³-hybridized carbons (Fsp3) is 0.333. The second-order valence-corrected chi connectivity index (χ2v) is 8.07. The van der Waals surface area contributed by atoms with E-state index in [1.807, 2.05) is 19.2 Å². The van der Waals surface area contributed by atoms with Crippen LogP contribution in [0.5, 0.6) is 0 Å². The van der Waals surface area contributed by atoms with E-state index in [2.05, 4.69) is 0 Å². The summed E-state index contributed by atoms with van der Waals surface area (Å²) in [6, 6.07) is 8.22. The SMILES string of the molecule is CC(C)OCCCN1C(=O)C(=O)/C(=C(\O)c2cccc([N+](=O)[O-])c2)C1c1cccs1. The molecule has 1 aliphatic rings. The molecule has 3 rings (SSSR count). The largest absolute Gasteiger partial charge is 0.507 e. The van der Waals surface area contributed by atoms with E-state index in [1.165, 1.54) is 40.5 Å². The van der Waals surface area contributed by atoms with Gasteiger partial charge >= 0.3 is 0 Å². The van der Waals surface area contributed by atoms with Gasteiger partial charge in [0, 0.05) is 35.7 Å². The van der Waals surface area contributed by atoms with Gasteiger partial charge in [-0.25, -0.2) is 0 Å². The Hall–Kier alpha value is -3.04. The maximum Gasteiger partial charge on any atom is 0.295 e. The van der Waals surface area contributed by atoms with Crippen molar-refractivity contribution >= 4 is 34.5 Å². The zero-order valence-electron chi connectivity index (χ0n) is 16.6. The second-order valence-electron chi connectivity index (χ2n) is 7.09. The van der Waals surface area contributed by atoms with E-state index in [9.17, 15) is 24.8 Å². The molecule has 158 valence electrons. The lowest BCUT2D eigenvalue weighted by atomic mass is 9.99. The summed E-state index contributed by atoms with van der Waals surface area (Å²) in [6.07, 6.45) is 0.589. The molecular formula is C21H22N2O6S. The van der Waals surface area contributed by atoms with Gasteiger partial charge in [-0.2, -0.15) is 0 Å². The van der Waals surface area contributed by atoms with Crippen LogP contribution in [0, 0.1) is 10.1 Å². The van der Waals surface area contributed by atoms with Gasteiger partial charge in [-0.05, 0) is 31.7 Å². The van der Waals surface area contributed by atoms with E-state index in [-0.39, 0.29) is 29.5 Å². The fourth-order valence-electron chi connectivity index (χ4n) is 3.33. The number of carbonyl (C=O) groups excluding carboxylic acids is 2. The maximum absolute atomic E-state index is 12.8. The quantitative estimate of drug-likeness (QED) is 0.170. The molecule has 0 spiro atoms. The Kier molecular flexibility index (Phi) is 6.63. The Balaban J connectivity index is 2.00. The number of nitro groups is 1. The number of aliphatic hydroxyl groups is 1. The first-order chi connectivity index (χ1) is 14.3. The van der Waals surface area contributed by atoms with E-state index in [1.54, 1.807) is 12.1 Å². The van der Waals surface area contributed by atoms with Gasteiger partial charge in [0.1, 0.15) is 5.76 Å². The fourth-order valence-corrected chi connectivity index (χ4v) is 4.17. The third kappa shape index (κ3) is 4.42. The Bertz CT molecular complexity index is 983. The molecule has 1 amide bonds. The van der Waals surface area contributed by atoms with Gasteiger partial charge in [-0.15, -0.1) is 11.3 Å². The van der Waals surface area contributed by atoms with Gasteiger partial charge in [-0.3, -0.25) is 19.7 Å². The summed E-state index contributed by atoms with van der Waals surface area (Å²) in [6.45, 7) is 4.54. The van der Waals surface area contributed by atoms with Crippen LogP contribution in [0.25, 0.3) is 5.76 Å². The molecule has 1 atom stereocenters. The molecule has 0 radical (unpaired) electrons. The number of rotatable bonds is 8. The van der Waals surface area contributed by atoms with Crippen LogP contribution in [-0.4, -0.2) is 45.9 Å². The number of ether oxygens (including phenoxy) is 1. The highest BCUT2D eigenvalue weighted by Gasteiger charge is 2.46. The van der Waals surface area contributed by atoms with E-state index >= 15 is 0 Å². The van der Waals surface area contributed by atoms with Gasteiger partial charge in [0.2, 0.25) is 0 Å². The maximum atomic E-state index is 12.8. The summed E-state index contributed by atoms with van der Waals surface area (Å²) >= 11 is 1.37. The molecule has 0 saturated carbocycles. The van der Waals surface area contributed by atoms with Gasteiger partial charge < -0.3 is 14.7 Å². The average Bonchev–Trinajstić information content (AvgIpc) is 3.32. The standard InChI is InChI=1S/C21H22N2O6S/c1-13(2)29-10-5-9-22-18(16-8-4-11-30-16)17(20(25)21(22)26)19(24)14-6-3-7-15(12-14)23(27)28/h3-4,6-8,11-13,18,24H,5,9-10H2,1-2H3/b19-17-. The monoisotopic (exact) mass is 430 g/mol. The number of carbonyl (C=O) groups is 2.